The van der Waals surface area contributed by atoms with Crippen LogP contribution in [0.5, 0.6) is 0 Å². The van der Waals surface area contributed by atoms with Crippen molar-refractivity contribution in [1.29, 1.82) is 0 Å². The summed E-state index contributed by atoms with van der Waals surface area (Å²) in [6, 6.07) is 10.4. The summed E-state index contributed by atoms with van der Waals surface area (Å²) in [5.41, 5.74) is 0.726. The lowest BCUT2D eigenvalue weighted by molar-refractivity contribution is -0.139. The van der Waals surface area contributed by atoms with Gasteiger partial charge in [-0.05, 0) is 30.2 Å². The van der Waals surface area contributed by atoms with E-state index in [1.807, 2.05) is 0 Å². The number of benzene rings is 1. The first-order valence-electron chi connectivity index (χ1n) is 7.09. The summed E-state index contributed by atoms with van der Waals surface area (Å²) in [7, 11) is 0. The number of aliphatic hydroxyl groups excluding tert-OH is 1. The van der Waals surface area contributed by atoms with E-state index in [4.69, 9.17) is 16.0 Å². The third-order valence-corrected chi connectivity index (χ3v) is 3.55. The summed E-state index contributed by atoms with van der Waals surface area (Å²) in [6.45, 7) is 0.321. The standard InChI is InChI=1S/C16H17ClN2O4/c17-12-5-2-1-4-11(12)10-19-16(22)15(21)18-8-7-13(20)14-6-3-9-23-14/h1-6,9,13,20H,7-8,10H2,(H,18,21)(H,19,22)/t13-/m1/s1. The molecule has 0 saturated carbocycles. The fraction of sp³-hybridized carbons (Fsp3) is 0.250. The molecular formula is C16H17ClN2O4. The summed E-state index contributed by atoms with van der Waals surface area (Å²) >= 11 is 5.97. The zero-order valence-electron chi connectivity index (χ0n) is 12.3. The summed E-state index contributed by atoms with van der Waals surface area (Å²) in [5, 5.41) is 15.2. The topological polar surface area (TPSA) is 91.6 Å². The van der Waals surface area contributed by atoms with Gasteiger partial charge in [0, 0.05) is 18.1 Å². The van der Waals surface area contributed by atoms with E-state index in [1.165, 1.54) is 6.26 Å². The van der Waals surface area contributed by atoms with Gasteiger partial charge in [0.25, 0.3) is 0 Å². The molecule has 0 saturated heterocycles. The molecule has 1 aromatic heterocycles. The molecule has 2 aromatic rings. The van der Waals surface area contributed by atoms with Gasteiger partial charge in [0.05, 0.1) is 6.26 Å². The Morgan fingerprint density at radius 3 is 2.57 bits per heavy atom. The van der Waals surface area contributed by atoms with Crippen LogP contribution in [0.15, 0.2) is 47.1 Å². The first kappa shape index (κ1) is 17.1. The molecule has 1 atom stereocenters. The van der Waals surface area contributed by atoms with Crippen molar-refractivity contribution in [3.63, 3.8) is 0 Å². The maximum absolute atomic E-state index is 11.7. The number of rotatable bonds is 6. The van der Waals surface area contributed by atoms with E-state index < -0.39 is 17.9 Å². The Labute approximate surface area is 138 Å². The van der Waals surface area contributed by atoms with Gasteiger partial charge in [-0.15, -0.1) is 0 Å². The molecule has 122 valence electrons. The van der Waals surface area contributed by atoms with Crippen LogP contribution in [0, 0.1) is 0 Å². The number of amides is 2. The second kappa shape index (κ2) is 8.36. The van der Waals surface area contributed by atoms with Gasteiger partial charge < -0.3 is 20.2 Å². The highest BCUT2D eigenvalue weighted by Gasteiger charge is 2.15. The van der Waals surface area contributed by atoms with Gasteiger partial charge in [-0.2, -0.15) is 0 Å². The lowest BCUT2D eigenvalue weighted by Crippen LogP contribution is -2.40. The Hall–Kier alpha value is -2.31. The van der Waals surface area contributed by atoms with Crippen LogP contribution in [0.25, 0.3) is 0 Å². The Bertz CT molecular complexity index is 658. The summed E-state index contributed by atoms with van der Waals surface area (Å²) in [4.78, 5) is 23.3. The molecule has 0 radical (unpaired) electrons. The summed E-state index contributed by atoms with van der Waals surface area (Å²) < 4.78 is 5.04. The van der Waals surface area contributed by atoms with E-state index in [-0.39, 0.29) is 19.5 Å². The Morgan fingerprint density at radius 1 is 1.13 bits per heavy atom. The molecule has 0 bridgehead atoms. The number of hydrogen-bond acceptors (Lipinski definition) is 4. The molecule has 0 aliphatic rings. The van der Waals surface area contributed by atoms with Crippen molar-refractivity contribution < 1.29 is 19.1 Å². The highest BCUT2D eigenvalue weighted by atomic mass is 35.5. The largest absolute Gasteiger partial charge is 0.467 e. The molecule has 2 amide bonds. The average molecular weight is 337 g/mol. The first-order valence-corrected chi connectivity index (χ1v) is 7.46. The van der Waals surface area contributed by atoms with Crippen molar-refractivity contribution in [3.05, 3.63) is 59.0 Å². The minimum absolute atomic E-state index is 0.153. The van der Waals surface area contributed by atoms with Crippen molar-refractivity contribution in [2.24, 2.45) is 0 Å². The third-order valence-electron chi connectivity index (χ3n) is 3.18. The van der Waals surface area contributed by atoms with Crippen molar-refractivity contribution in [1.82, 2.24) is 10.6 Å². The Kier molecular flexibility index (Phi) is 6.19. The second-order valence-electron chi connectivity index (χ2n) is 4.85. The van der Waals surface area contributed by atoms with E-state index >= 15 is 0 Å². The number of nitrogens with one attached hydrogen (secondary N) is 2. The number of halogens is 1. The molecule has 0 unspecified atom stereocenters. The van der Waals surface area contributed by atoms with Crippen LogP contribution in [0.2, 0.25) is 5.02 Å². The predicted molar refractivity (Wildman–Crippen MR) is 84.6 cm³/mol. The minimum Gasteiger partial charge on any atom is -0.467 e. The molecule has 0 aliphatic carbocycles. The monoisotopic (exact) mass is 336 g/mol. The maximum atomic E-state index is 11.7. The molecule has 23 heavy (non-hydrogen) atoms. The summed E-state index contributed by atoms with van der Waals surface area (Å²) in [6.07, 6.45) is 0.882. The zero-order chi connectivity index (χ0) is 16.7. The number of carbonyl (C=O) groups is 2. The van der Waals surface area contributed by atoms with Gasteiger partial charge in [-0.25, -0.2) is 0 Å². The van der Waals surface area contributed by atoms with Crippen molar-refractivity contribution in [3.8, 4) is 0 Å². The lowest BCUT2D eigenvalue weighted by Gasteiger charge is -2.09. The average Bonchev–Trinajstić information content (AvgIpc) is 3.08. The molecule has 6 nitrogen and oxygen atoms in total. The van der Waals surface area contributed by atoms with Gasteiger partial charge in [-0.3, -0.25) is 9.59 Å². The van der Waals surface area contributed by atoms with Crippen LogP contribution in [0.1, 0.15) is 23.8 Å². The van der Waals surface area contributed by atoms with E-state index in [0.29, 0.717) is 10.8 Å². The van der Waals surface area contributed by atoms with Gasteiger partial charge in [-0.1, -0.05) is 29.8 Å². The fourth-order valence-electron chi connectivity index (χ4n) is 1.92. The van der Waals surface area contributed by atoms with E-state index in [9.17, 15) is 14.7 Å². The Morgan fingerprint density at radius 2 is 1.87 bits per heavy atom. The van der Waals surface area contributed by atoms with Gasteiger partial charge >= 0.3 is 11.8 Å². The van der Waals surface area contributed by atoms with Gasteiger partial charge in [0.2, 0.25) is 0 Å². The highest BCUT2D eigenvalue weighted by Crippen LogP contribution is 2.16. The molecule has 0 aliphatic heterocycles. The zero-order valence-corrected chi connectivity index (χ0v) is 13.0. The fourth-order valence-corrected chi connectivity index (χ4v) is 2.13. The SMILES string of the molecule is O=C(NCC[C@@H](O)c1ccco1)C(=O)NCc1ccccc1Cl. The van der Waals surface area contributed by atoms with E-state index in [2.05, 4.69) is 10.6 Å². The molecule has 0 fully saturated rings. The van der Waals surface area contributed by atoms with Crippen molar-refractivity contribution in [2.45, 2.75) is 19.1 Å². The van der Waals surface area contributed by atoms with Crippen LogP contribution in [-0.2, 0) is 16.1 Å². The molecule has 2 rings (SSSR count). The number of furan rings is 1. The van der Waals surface area contributed by atoms with Crippen LogP contribution in [0.4, 0.5) is 0 Å². The molecule has 0 spiro atoms. The first-order chi connectivity index (χ1) is 11.1. The normalized spacial score (nSPS) is 11.7. The van der Waals surface area contributed by atoms with Crippen LogP contribution in [0.3, 0.4) is 0 Å². The second-order valence-corrected chi connectivity index (χ2v) is 5.26. The lowest BCUT2D eigenvalue weighted by atomic mass is 10.2. The number of carbonyl (C=O) groups excluding carboxylic acids is 2. The number of hydrogen-bond donors (Lipinski definition) is 3. The Balaban J connectivity index is 1.71. The predicted octanol–water partition coefficient (Wildman–Crippen LogP) is 1.79. The summed E-state index contributed by atoms with van der Waals surface area (Å²) in [5.74, 6) is -1.09. The molecule has 7 heteroatoms. The van der Waals surface area contributed by atoms with Crippen LogP contribution in [-0.4, -0.2) is 23.5 Å². The van der Waals surface area contributed by atoms with Crippen molar-refractivity contribution in [2.75, 3.05) is 6.54 Å². The van der Waals surface area contributed by atoms with E-state index in [0.717, 1.165) is 5.56 Å². The molecular weight excluding hydrogens is 320 g/mol. The molecule has 1 aromatic carbocycles. The van der Waals surface area contributed by atoms with Crippen molar-refractivity contribution >= 4 is 23.4 Å². The third kappa shape index (κ3) is 5.12. The molecule has 1 heterocycles. The maximum Gasteiger partial charge on any atom is 0.309 e. The quantitative estimate of drug-likeness (QED) is 0.701. The van der Waals surface area contributed by atoms with E-state index in [1.54, 1.807) is 36.4 Å². The van der Waals surface area contributed by atoms with Crippen LogP contribution >= 0.6 is 11.6 Å². The van der Waals surface area contributed by atoms with Crippen LogP contribution < -0.4 is 10.6 Å². The highest BCUT2D eigenvalue weighted by molar-refractivity contribution is 6.35. The van der Waals surface area contributed by atoms with Gasteiger partial charge in [0.1, 0.15) is 11.9 Å². The number of aliphatic hydroxyl groups is 1. The minimum atomic E-state index is -0.823. The van der Waals surface area contributed by atoms with Gasteiger partial charge in [0.15, 0.2) is 0 Å². The smallest absolute Gasteiger partial charge is 0.309 e. The molecule has 3 N–H and O–H groups in total.